The minimum absolute atomic E-state index is 0.811. The lowest BCUT2D eigenvalue weighted by molar-refractivity contribution is 0.112. The maximum absolute atomic E-state index is 11.1. The van der Waals surface area contributed by atoms with E-state index >= 15 is 0 Å². The molecule has 0 saturated carbocycles. The zero-order valence-electron chi connectivity index (χ0n) is 10.6. The minimum Gasteiger partial charge on any atom is -0.347 e. The van der Waals surface area contributed by atoms with Crippen molar-refractivity contribution in [2.24, 2.45) is 0 Å². The number of fused-ring (bicyclic) bond motifs is 1. The first-order valence-electron chi connectivity index (χ1n) is 6.37. The minimum atomic E-state index is 0.811. The van der Waals surface area contributed by atoms with E-state index in [1.807, 2.05) is 18.3 Å². The van der Waals surface area contributed by atoms with Crippen molar-refractivity contribution < 1.29 is 4.79 Å². The van der Waals surface area contributed by atoms with Gasteiger partial charge in [-0.05, 0) is 18.4 Å². The van der Waals surface area contributed by atoms with Gasteiger partial charge in [0.2, 0.25) is 0 Å². The quantitative estimate of drug-likeness (QED) is 0.714. The Kier molecular flexibility index (Phi) is 3.62. The molecule has 2 heteroatoms. The third-order valence-electron chi connectivity index (χ3n) is 3.27. The number of para-hydroxylation sites is 1. The molecule has 2 rings (SSSR count). The summed E-state index contributed by atoms with van der Waals surface area (Å²) in [6, 6.07) is 6.23. The van der Waals surface area contributed by atoms with Gasteiger partial charge in [0.15, 0.2) is 6.29 Å². The fourth-order valence-corrected chi connectivity index (χ4v) is 2.35. The SMILES string of the molecule is CCCCn1cc(C=O)c2cccc(CC)c21. The molecule has 2 nitrogen and oxygen atoms in total. The Bertz CT molecular complexity index is 525. The van der Waals surface area contributed by atoms with Crippen LogP contribution in [0.1, 0.15) is 42.6 Å². The number of nitrogens with zero attached hydrogens (tertiary/aromatic N) is 1. The van der Waals surface area contributed by atoms with Gasteiger partial charge in [-0.15, -0.1) is 0 Å². The largest absolute Gasteiger partial charge is 0.347 e. The first kappa shape index (κ1) is 11.9. The topological polar surface area (TPSA) is 22.0 Å². The molecule has 0 spiro atoms. The molecule has 0 fully saturated rings. The molecule has 0 aliphatic carbocycles. The third-order valence-corrected chi connectivity index (χ3v) is 3.27. The van der Waals surface area contributed by atoms with Crippen molar-refractivity contribution in [2.75, 3.05) is 0 Å². The van der Waals surface area contributed by atoms with E-state index in [9.17, 15) is 4.79 Å². The van der Waals surface area contributed by atoms with Crippen molar-refractivity contribution in [1.29, 1.82) is 0 Å². The Morgan fingerprint density at radius 2 is 2.12 bits per heavy atom. The first-order chi connectivity index (χ1) is 8.31. The number of rotatable bonds is 5. The Labute approximate surface area is 102 Å². The highest BCUT2D eigenvalue weighted by molar-refractivity contribution is 5.98. The smallest absolute Gasteiger partial charge is 0.152 e. The van der Waals surface area contributed by atoms with Gasteiger partial charge in [0.05, 0.1) is 5.52 Å². The summed E-state index contributed by atoms with van der Waals surface area (Å²) in [4.78, 5) is 11.1. The molecule has 0 unspecified atom stereocenters. The molecule has 0 radical (unpaired) electrons. The lowest BCUT2D eigenvalue weighted by atomic mass is 10.1. The Balaban J connectivity index is 2.61. The van der Waals surface area contributed by atoms with E-state index in [0.717, 1.165) is 36.6 Å². The van der Waals surface area contributed by atoms with Gasteiger partial charge in [-0.3, -0.25) is 4.79 Å². The van der Waals surface area contributed by atoms with Crippen LogP contribution in [0.25, 0.3) is 10.9 Å². The van der Waals surface area contributed by atoms with E-state index in [2.05, 4.69) is 24.5 Å². The van der Waals surface area contributed by atoms with Crippen LogP contribution in [0.2, 0.25) is 0 Å². The Morgan fingerprint density at radius 3 is 2.76 bits per heavy atom. The van der Waals surface area contributed by atoms with Crippen molar-refractivity contribution in [2.45, 2.75) is 39.7 Å². The zero-order chi connectivity index (χ0) is 12.3. The van der Waals surface area contributed by atoms with E-state index in [1.165, 1.54) is 17.5 Å². The molecular formula is C15H19NO. The summed E-state index contributed by atoms with van der Waals surface area (Å²) < 4.78 is 2.24. The highest BCUT2D eigenvalue weighted by atomic mass is 16.1. The highest BCUT2D eigenvalue weighted by Crippen LogP contribution is 2.24. The number of carbonyl (C=O) groups is 1. The molecule has 2 aromatic rings. The number of aromatic nitrogens is 1. The average molecular weight is 229 g/mol. The normalized spacial score (nSPS) is 10.9. The molecular weight excluding hydrogens is 210 g/mol. The van der Waals surface area contributed by atoms with Crippen LogP contribution in [0.15, 0.2) is 24.4 Å². The number of carbonyl (C=O) groups excluding carboxylic acids is 1. The second-order valence-corrected chi connectivity index (χ2v) is 4.42. The van der Waals surface area contributed by atoms with Crippen molar-refractivity contribution in [3.63, 3.8) is 0 Å². The van der Waals surface area contributed by atoms with Crippen LogP contribution in [0.3, 0.4) is 0 Å². The fraction of sp³-hybridized carbons (Fsp3) is 0.400. The standard InChI is InChI=1S/C15H19NO/c1-3-5-9-16-10-13(11-17)14-8-6-7-12(4-2)15(14)16/h6-8,10-11H,3-5,9H2,1-2H3. The number of unbranched alkanes of at least 4 members (excludes halogenated alkanes) is 1. The van der Waals surface area contributed by atoms with E-state index in [1.54, 1.807) is 0 Å². The molecule has 17 heavy (non-hydrogen) atoms. The number of benzene rings is 1. The Hall–Kier alpha value is -1.57. The molecule has 0 atom stereocenters. The van der Waals surface area contributed by atoms with E-state index in [0.29, 0.717) is 0 Å². The zero-order valence-corrected chi connectivity index (χ0v) is 10.6. The van der Waals surface area contributed by atoms with Crippen LogP contribution in [-0.2, 0) is 13.0 Å². The molecule has 0 aliphatic heterocycles. The summed E-state index contributed by atoms with van der Waals surface area (Å²) in [5, 5.41) is 1.09. The van der Waals surface area contributed by atoms with Crippen molar-refractivity contribution in [1.82, 2.24) is 4.57 Å². The van der Waals surface area contributed by atoms with Crippen LogP contribution in [0.4, 0.5) is 0 Å². The van der Waals surface area contributed by atoms with E-state index in [4.69, 9.17) is 0 Å². The van der Waals surface area contributed by atoms with Gasteiger partial charge in [-0.1, -0.05) is 38.5 Å². The van der Waals surface area contributed by atoms with Crippen LogP contribution in [0.5, 0.6) is 0 Å². The van der Waals surface area contributed by atoms with Crippen molar-refractivity contribution in [3.8, 4) is 0 Å². The second kappa shape index (κ2) is 5.17. The molecule has 0 aliphatic rings. The van der Waals surface area contributed by atoms with Gasteiger partial charge in [0.1, 0.15) is 0 Å². The van der Waals surface area contributed by atoms with Crippen LogP contribution < -0.4 is 0 Å². The van der Waals surface area contributed by atoms with Crippen LogP contribution in [-0.4, -0.2) is 10.9 Å². The summed E-state index contributed by atoms with van der Waals surface area (Å²) >= 11 is 0. The van der Waals surface area contributed by atoms with Gasteiger partial charge >= 0.3 is 0 Å². The molecule has 0 saturated heterocycles. The highest BCUT2D eigenvalue weighted by Gasteiger charge is 2.10. The summed E-state index contributed by atoms with van der Waals surface area (Å²) in [5.41, 5.74) is 3.38. The number of hydrogen-bond acceptors (Lipinski definition) is 1. The van der Waals surface area contributed by atoms with Crippen molar-refractivity contribution in [3.05, 3.63) is 35.5 Å². The predicted octanol–water partition coefficient (Wildman–Crippen LogP) is 3.82. The predicted molar refractivity (Wildman–Crippen MR) is 71.6 cm³/mol. The van der Waals surface area contributed by atoms with Crippen LogP contribution >= 0.6 is 0 Å². The third kappa shape index (κ3) is 2.12. The van der Waals surface area contributed by atoms with Gasteiger partial charge < -0.3 is 4.57 Å². The van der Waals surface area contributed by atoms with Gasteiger partial charge in [0, 0.05) is 23.7 Å². The monoisotopic (exact) mass is 229 g/mol. The van der Waals surface area contributed by atoms with Gasteiger partial charge in [-0.25, -0.2) is 0 Å². The summed E-state index contributed by atoms with van der Waals surface area (Å²) in [7, 11) is 0. The molecule has 1 aromatic carbocycles. The second-order valence-electron chi connectivity index (χ2n) is 4.42. The van der Waals surface area contributed by atoms with Gasteiger partial charge in [0.25, 0.3) is 0 Å². The molecule has 0 N–H and O–H groups in total. The van der Waals surface area contributed by atoms with E-state index < -0.39 is 0 Å². The summed E-state index contributed by atoms with van der Waals surface area (Å²) in [6.45, 7) is 5.34. The maximum atomic E-state index is 11.1. The maximum Gasteiger partial charge on any atom is 0.152 e. The Morgan fingerprint density at radius 1 is 1.29 bits per heavy atom. The van der Waals surface area contributed by atoms with Crippen molar-refractivity contribution >= 4 is 17.2 Å². The lowest BCUT2D eigenvalue weighted by Gasteiger charge is -2.07. The fourth-order valence-electron chi connectivity index (χ4n) is 2.35. The molecule has 0 amide bonds. The summed E-state index contributed by atoms with van der Waals surface area (Å²) in [6.07, 6.45) is 6.28. The average Bonchev–Trinajstić information content (AvgIpc) is 2.74. The van der Waals surface area contributed by atoms with Gasteiger partial charge in [-0.2, -0.15) is 0 Å². The molecule has 90 valence electrons. The lowest BCUT2D eigenvalue weighted by Crippen LogP contribution is -1.97. The number of hydrogen-bond donors (Lipinski definition) is 0. The molecule has 1 heterocycles. The number of aldehydes is 1. The molecule has 0 bridgehead atoms. The first-order valence-corrected chi connectivity index (χ1v) is 6.37. The molecule has 1 aromatic heterocycles. The van der Waals surface area contributed by atoms with E-state index in [-0.39, 0.29) is 0 Å². The number of aryl methyl sites for hydroxylation is 2. The summed E-state index contributed by atoms with van der Waals surface area (Å²) in [5.74, 6) is 0. The van der Waals surface area contributed by atoms with Crippen LogP contribution in [0, 0.1) is 0 Å².